The van der Waals surface area contributed by atoms with Gasteiger partial charge < -0.3 is 74.5 Å². The van der Waals surface area contributed by atoms with Crippen molar-refractivity contribution in [1.29, 1.82) is 0 Å². The van der Waals surface area contributed by atoms with Crippen LogP contribution in [0.4, 0.5) is 4.79 Å². The normalized spacial score (nSPS) is 29.3. The number of nitrogens with two attached hydrogens (primary N) is 1. The number of benzene rings is 1. The number of carbonyl (C=O) groups excluding carboxylic acids is 3. The molecule has 1 aromatic carbocycles. The number of carboxylic acid groups (broad SMARTS) is 1. The van der Waals surface area contributed by atoms with Crippen molar-refractivity contribution < 1.29 is 72.8 Å². The number of amides is 2. The van der Waals surface area contributed by atoms with Crippen LogP contribution in [0.15, 0.2) is 42.6 Å². The topological polar surface area (TPSA) is 282 Å². The summed E-state index contributed by atoms with van der Waals surface area (Å²) in [6.45, 7) is 8.67. The summed E-state index contributed by atoms with van der Waals surface area (Å²) >= 11 is 0. The van der Waals surface area contributed by atoms with E-state index in [0.717, 1.165) is 63.4 Å². The Morgan fingerprint density at radius 1 is 0.912 bits per heavy atom. The van der Waals surface area contributed by atoms with Crippen molar-refractivity contribution in [3.8, 4) is 22.6 Å². The Kier molecular flexibility index (Phi) is 15.4. The molecule has 4 bridgehead atoms. The number of esters is 1. The van der Waals surface area contributed by atoms with Crippen molar-refractivity contribution >= 4 is 23.9 Å². The molecule has 7 atom stereocenters. The van der Waals surface area contributed by atoms with Gasteiger partial charge in [0.25, 0.3) is 0 Å². The van der Waals surface area contributed by atoms with Crippen LogP contribution in [0.3, 0.4) is 0 Å². The Labute approximate surface area is 394 Å². The first kappa shape index (κ1) is 50.5. The van der Waals surface area contributed by atoms with E-state index in [2.05, 4.69) is 38.8 Å². The highest BCUT2D eigenvalue weighted by atomic mass is 16.7. The van der Waals surface area contributed by atoms with E-state index in [-0.39, 0.29) is 73.0 Å². The SMILES string of the molecule is CNC(=O)Cc1ccc(-c2ccn(CC34CC5(C)CC(C)(C3)CC(OCCNC(=O)OCc3ccc(OCCOCCN)cc3O[C@@H]3O[C@H](C(=O)OC)[C@@H](O)[C@H](O)[C@H]3O)(C5)C4)c2C)c(C(=O)O)n1. The maximum absolute atomic E-state index is 13.1. The van der Waals surface area contributed by atoms with Gasteiger partial charge in [0.05, 0.1) is 44.6 Å². The molecule has 20 heteroatoms. The fourth-order valence-corrected chi connectivity index (χ4v) is 12.0. The first-order chi connectivity index (χ1) is 32.3. The molecule has 372 valence electrons. The van der Waals surface area contributed by atoms with E-state index in [1.54, 1.807) is 24.3 Å². The van der Waals surface area contributed by atoms with E-state index in [1.165, 1.54) is 13.1 Å². The Bertz CT molecular complexity index is 2300. The standard InChI is InChI=1S/C48H65N5O15/c1-28-32(33-9-7-30(18-35(54)50-4)52-36(33)41(58)59)10-13-53(28)27-47-22-45(2)21-46(3,23-47)25-48(24-45,26-47)66-15-12-51-44(61)65-20-29-6-8-31(64-17-16-63-14-11-49)19-34(29)67-43-39(57)37(55)38(56)40(68-43)42(60)62-5/h6-10,13,19,37-40,43,55-57H,11-12,14-18,20-27,49H2,1-5H3,(H,50,54)(H,51,61)(H,58,59)/t37-,38-,39+,40-,43+,45?,46?,47?,48?/m0/s1. The number of alkyl carbamates (subject to hydrolysis) is 1. The lowest BCUT2D eigenvalue weighted by Crippen LogP contribution is -2.64. The van der Waals surface area contributed by atoms with Gasteiger partial charge in [0.2, 0.25) is 12.2 Å². The Morgan fingerprint density at radius 3 is 2.35 bits per heavy atom. The number of nitrogens with zero attached hydrogens (tertiary/aromatic N) is 2. The number of ether oxygens (including phenoxy) is 7. The average molecular weight is 952 g/mol. The molecule has 8 N–H and O–H groups in total. The third kappa shape index (κ3) is 11.2. The molecular formula is C48H65N5O15. The number of carbonyl (C=O) groups is 4. The predicted octanol–water partition coefficient (Wildman–Crippen LogP) is 2.62. The number of carboxylic acids is 1. The fourth-order valence-electron chi connectivity index (χ4n) is 12.0. The number of aromatic nitrogens is 2. The van der Waals surface area contributed by atoms with Crippen molar-refractivity contribution in [1.82, 2.24) is 20.2 Å². The first-order valence-corrected chi connectivity index (χ1v) is 23.0. The van der Waals surface area contributed by atoms with Gasteiger partial charge in [0.1, 0.15) is 43.0 Å². The Balaban J connectivity index is 0.986. The molecule has 2 unspecified atom stereocenters. The summed E-state index contributed by atoms with van der Waals surface area (Å²) < 4.78 is 42.0. The van der Waals surface area contributed by atoms with Crippen LogP contribution in [0.25, 0.3) is 11.1 Å². The van der Waals surface area contributed by atoms with Gasteiger partial charge in [-0.05, 0) is 86.0 Å². The summed E-state index contributed by atoms with van der Waals surface area (Å²) in [5, 5.41) is 47.1. The van der Waals surface area contributed by atoms with Gasteiger partial charge in [0.15, 0.2) is 11.8 Å². The van der Waals surface area contributed by atoms with Crippen LogP contribution in [0, 0.1) is 23.2 Å². The fraction of sp³-hybridized carbons (Fsp3) is 0.604. The molecule has 0 spiro atoms. The molecule has 20 nitrogen and oxygen atoms in total. The molecule has 3 aromatic rings. The monoisotopic (exact) mass is 951 g/mol. The van der Waals surface area contributed by atoms with Crippen molar-refractivity contribution in [3.05, 3.63) is 65.2 Å². The molecular weight excluding hydrogens is 887 g/mol. The highest BCUT2D eigenvalue weighted by molar-refractivity contribution is 5.94. The lowest BCUT2D eigenvalue weighted by Gasteiger charge is -2.69. The third-order valence-electron chi connectivity index (χ3n) is 13.6. The first-order valence-electron chi connectivity index (χ1n) is 23.0. The maximum atomic E-state index is 13.1. The number of methoxy groups -OCH3 is 1. The van der Waals surface area contributed by atoms with E-state index in [1.807, 2.05) is 19.2 Å². The summed E-state index contributed by atoms with van der Waals surface area (Å²) in [4.78, 5) is 54.2. The number of aromatic carboxylic acids is 1. The molecule has 5 aliphatic rings. The molecule has 8 rings (SSSR count). The maximum Gasteiger partial charge on any atom is 0.407 e. The largest absolute Gasteiger partial charge is 0.491 e. The molecule has 0 radical (unpaired) electrons. The van der Waals surface area contributed by atoms with Crippen molar-refractivity contribution in [2.24, 2.45) is 22.0 Å². The molecule has 5 fully saturated rings. The number of hydrogen-bond acceptors (Lipinski definition) is 16. The van der Waals surface area contributed by atoms with Gasteiger partial charge in [-0.2, -0.15) is 0 Å². The van der Waals surface area contributed by atoms with E-state index >= 15 is 0 Å². The van der Waals surface area contributed by atoms with Crippen molar-refractivity contribution in [2.75, 3.05) is 53.7 Å². The second-order valence-electron chi connectivity index (χ2n) is 19.6. The lowest BCUT2D eigenvalue weighted by atomic mass is 9.39. The third-order valence-corrected chi connectivity index (χ3v) is 13.6. The van der Waals surface area contributed by atoms with E-state index < -0.39 is 54.3 Å². The second kappa shape index (κ2) is 20.7. The van der Waals surface area contributed by atoms with Gasteiger partial charge >= 0.3 is 18.0 Å². The molecule has 2 aromatic heterocycles. The summed E-state index contributed by atoms with van der Waals surface area (Å²) in [5.41, 5.74) is 7.85. The Morgan fingerprint density at radius 2 is 1.66 bits per heavy atom. The number of likely N-dealkylation sites (N-methyl/N-ethyl adjacent to an activating group) is 1. The van der Waals surface area contributed by atoms with E-state index in [9.17, 15) is 39.6 Å². The summed E-state index contributed by atoms with van der Waals surface area (Å²) in [6.07, 6.45) is -1.65. The minimum absolute atomic E-state index is 0.0219. The van der Waals surface area contributed by atoms with Gasteiger partial charge in [-0.15, -0.1) is 0 Å². The summed E-state index contributed by atoms with van der Waals surface area (Å²) in [5.74, 6) is -2.04. The van der Waals surface area contributed by atoms with Crippen LogP contribution < -0.4 is 25.8 Å². The van der Waals surface area contributed by atoms with Crippen molar-refractivity contribution in [2.45, 2.75) is 115 Å². The zero-order chi connectivity index (χ0) is 49.0. The van der Waals surface area contributed by atoms with Gasteiger partial charge in [-0.25, -0.2) is 19.4 Å². The van der Waals surface area contributed by atoms with Gasteiger partial charge in [0, 0.05) is 61.3 Å². The average Bonchev–Trinajstić information content (AvgIpc) is 3.63. The second-order valence-corrected chi connectivity index (χ2v) is 19.6. The van der Waals surface area contributed by atoms with Crippen LogP contribution in [0.5, 0.6) is 11.5 Å². The minimum atomic E-state index is -1.82. The molecule has 2 amide bonds. The molecule has 1 saturated heterocycles. The zero-order valence-electron chi connectivity index (χ0n) is 39.3. The highest BCUT2D eigenvalue weighted by Crippen LogP contribution is 2.72. The van der Waals surface area contributed by atoms with Gasteiger partial charge in [-0.3, -0.25) is 4.79 Å². The molecule has 4 aliphatic carbocycles. The van der Waals surface area contributed by atoms with Crippen LogP contribution in [-0.2, 0) is 52.8 Å². The highest BCUT2D eigenvalue weighted by Gasteiger charge is 2.66. The number of nitrogens with one attached hydrogen (secondary N) is 2. The number of aliphatic hydroxyl groups excluding tert-OH is 3. The molecule has 68 heavy (non-hydrogen) atoms. The Hall–Kier alpha value is -5.35. The molecule has 1 aliphatic heterocycles. The van der Waals surface area contributed by atoms with Crippen LogP contribution in [0.2, 0.25) is 0 Å². The minimum Gasteiger partial charge on any atom is -0.491 e. The predicted molar refractivity (Wildman–Crippen MR) is 241 cm³/mol. The number of rotatable bonds is 21. The van der Waals surface area contributed by atoms with E-state index in [4.69, 9.17) is 34.2 Å². The molecule has 3 heterocycles. The van der Waals surface area contributed by atoms with Gasteiger partial charge in [-0.1, -0.05) is 19.9 Å². The van der Waals surface area contributed by atoms with Crippen LogP contribution >= 0.6 is 0 Å². The van der Waals surface area contributed by atoms with Crippen molar-refractivity contribution in [3.63, 3.8) is 0 Å². The van der Waals surface area contributed by atoms with Crippen LogP contribution in [0.1, 0.15) is 79.8 Å². The number of hydrogen-bond donors (Lipinski definition) is 7. The lowest BCUT2D eigenvalue weighted by molar-refractivity contribution is -0.272. The number of aliphatic hydroxyl groups is 3. The number of pyridine rings is 1. The summed E-state index contributed by atoms with van der Waals surface area (Å²) in [7, 11) is 2.60. The zero-order valence-corrected chi connectivity index (χ0v) is 39.3. The quantitative estimate of drug-likeness (QED) is 0.0597. The molecule has 4 saturated carbocycles. The van der Waals surface area contributed by atoms with E-state index in [0.29, 0.717) is 35.7 Å². The van der Waals surface area contributed by atoms with Crippen LogP contribution in [-0.4, -0.2) is 144 Å². The summed E-state index contributed by atoms with van der Waals surface area (Å²) in [6, 6.07) is 10.0. The smallest absolute Gasteiger partial charge is 0.407 e.